The fourth-order valence-corrected chi connectivity index (χ4v) is 2.96. The summed E-state index contributed by atoms with van der Waals surface area (Å²) in [6.07, 6.45) is 1.66. The van der Waals surface area contributed by atoms with Gasteiger partial charge in [-0.25, -0.2) is 4.98 Å². The van der Waals surface area contributed by atoms with Crippen LogP contribution in [0.5, 0.6) is 5.75 Å². The highest BCUT2D eigenvalue weighted by atomic mass is 35.5. The molecule has 0 saturated heterocycles. The van der Waals surface area contributed by atoms with Gasteiger partial charge in [0.1, 0.15) is 29.2 Å². The molecule has 2 heterocycles. The first-order chi connectivity index (χ1) is 13.2. The summed E-state index contributed by atoms with van der Waals surface area (Å²) in [6.45, 7) is 0. The first-order valence-corrected chi connectivity index (χ1v) is 8.56. The van der Waals surface area contributed by atoms with Crippen molar-refractivity contribution in [1.82, 2.24) is 9.97 Å². The van der Waals surface area contributed by atoms with Gasteiger partial charge in [-0.1, -0.05) is 23.7 Å². The highest BCUT2D eigenvalue weighted by molar-refractivity contribution is 6.30. The fourth-order valence-electron chi connectivity index (χ4n) is 2.77. The second-order valence-electron chi connectivity index (χ2n) is 5.85. The molecule has 0 amide bonds. The molecule has 27 heavy (non-hydrogen) atoms. The van der Waals surface area contributed by atoms with Gasteiger partial charge in [-0.15, -0.1) is 0 Å². The number of furan rings is 1. The van der Waals surface area contributed by atoms with Gasteiger partial charge in [-0.3, -0.25) is 0 Å². The third-order valence-corrected chi connectivity index (χ3v) is 4.32. The molecule has 0 radical (unpaired) electrons. The molecule has 0 atom stereocenters. The Morgan fingerprint density at radius 3 is 2.89 bits per heavy atom. The van der Waals surface area contributed by atoms with Gasteiger partial charge in [0.2, 0.25) is 0 Å². The molecule has 0 aliphatic rings. The number of hydrogen-bond acceptors (Lipinski definition) is 4. The number of halogens is 1. The van der Waals surface area contributed by atoms with Crippen LogP contribution in [0.1, 0.15) is 11.6 Å². The predicted octanol–water partition coefficient (Wildman–Crippen LogP) is 5.55. The summed E-state index contributed by atoms with van der Waals surface area (Å²) in [5.41, 5.74) is 2.80. The maximum Gasteiger partial charge on any atom is 0.149 e. The highest BCUT2D eigenvalue weighted by Crippen LogP contribution is 2.27. The fraction of sp³-hybridized carbons (Fsp3) is 0.0476. The number of ether oxygens (including phenoxy) is 1. The summed E-state index contributed by atoms with van der Waals surface area (Å²) in [6, 6.07) is 18.7. The molecule has 6 heteroatoms. The van der Waals surface area contributed by atoms with Gasteiger partial charge in [0.15, 0.2) is 0 Å². The molecule has 1 N–H and O–H groups in total. The Hall–Kier alpha value is -3.49. The number of aromatic amines is 1. The number of benzene rings is 2. The van der Waals surface area contributed by atoms with E-state index in [2.05, 4.69) is 16.0 Å². The molecule has 4 aromatic rings. The lowest BCUT2D eigenvalue weighted by atomic mass is 10.2. The van der Waals surface area contributed by atoms with Crippen molar-refractivity contribution in [2.45, 2.75) is 0 Å². The summed E-state index contributed by atoms with van der Waals surface area (Å²) in [5.74, 6) is 2.42. The lowest BCUT2D eigenvalue weighted by Crippen LogP contribution is -1.84. The third kappa shape index (κ3) is 3.43. The number of nitrogens with zero attached hydrogens (tertiary/aromatic N) is 2. The van der Waals surface area contributed by atoms with Gasteiger partial charge in [-0.05, 0) is 36.4 Å². The first-order valence-electron chi connectivity index (χ1n) is 8.18. The number of aromatic nitrogens is 2. The van der Waals surface area contributed by atoms with Crippen molar-refractivity contribution in [3.63, 3.8) is 0 Å². The van der Waals surface area contributed by atoms with Gasteiger partial charge in [0.25, 0.3) is 0 Å². The predicted molar refractivity (Wildman–Crippen MR) is 105 cm³/mol. The van der Waals surface area contributed by atoms with E-state index in [1.165, 1.54) is 0 Å². The van der Waals surface area contributed by atoms with E-state index in [0.717, 1.165) is 22.3 Å². The van der Waals surface area contributed by atoms with Crippen molar-refractivity contribution >= 4 is 34.3 Å². The minimum Gasteiger partial charge on any atom is -0.497 e. The Kier molecular flexibility index (Phi) is 4.41. The number of allylic oxidation sites excluding steroid dienone is 1. The summed E-state index contributed by atoms with van der Waals surface area (Å²) in [7, 11) is 1.60. The summed E-state index contributed by atoms with van der Waals surface area (Å²) in [4.78, 5) is 7.62. The molecule has 2 aromatic carbocycles. The van der Waals surface area contributed by atoms with E-state index in [4.69, 9.17) is 20.8 Å². The van der Waals surface area contributed by atoms with Crippen LogP contribution >= 0.6 is 11.6 Å². The summed E-state index contributed by atoms with van der Waals surface area (Å²) in [5, 5.41) is 10.2. The second kappa shape index (κ2) is 7.02. The van der Waals surface area contributed by atoms with Crippen molar-refractivity contribution in [1.29, 1.82) is 5.26 Å². The zero-order valence-corrected chi connectivity index (χ0v) is 15.1. The Bertz CT molecular complexity index is 1200. The number of fused-ring (bicyclic) bond motifs is 1. The van der Waals surface area contributed by atoms with Crippen LogP contribution in [0.15, 0.2) is 59.0 Å². The lowest BCUT2D eigenvalue weighted by molar-refractivity contribution is 0.415. The summed E-state index contributed by atoms with van der Waals surface area (Å²) < 4.78 is 11.1. The molecule has 5 nitrogen and oxygen atoms in total. The standard InChI is InChI=1S/C21H14ClN3O2/c1-26-16-5-7-18-19(11-16)25-21(24-18)14(12-23)10-17-6-8-20(27-17)13-3-2-4-15(22)9-13/h2-11H,1H3,(H,24,25)/b14-10-. The quantitative estimate of drug-likeness (QED) is 0.474. The van der Waals surface area contributed by atoms with Crippen LogP contribution in [0.3, 0.4) is 0 Å². The molecule has 0 aliphatic carbocycles. The van der Waals surface area contributed by atoms with E-state index in [0.29, 0.717) is 27.9 Å². The average molecular weight is 376 g/mol. The van der Waals surface area contributed by atoms with E-state index in [1.54, 1.807) is 25.3 Å². The Labute approximate surface area is 160 Å². The first kappa shape index (κ1) is 17.0. The minimum absolute atomic E-state index is 0.372. The number of hydrogen-bond donors (Lipinski definition) is 1. The third-order valence-electron chi connectivity index (χ3n) is 4.09. The SMILES string of the molecule is COc1ccc2nc(/C(C#N)=C\c3ccc(-c4cccc(Cl)c4)o3)[nH]c2c1. The topological polar surface area (TPSA) is 74.8 Å². The largest absolute Gasteiger partial charge is 0.497 e. The van der Waals surface area contributed by atoms with Crippen LogP contribution in [0.4, 0.5) is 0 Å². The van der Waals surface area contributed by atoms with Crippen LogP contribution in [0.25, 0.3) is 34.0 Å². The van der Waals surface area contributed by atoms with Crippen molar-refractivity contribution in [2.75, 3.05) is 7.11 Å². The normalized spacial score (nSPS) is 11.5. The zero-order valence-electron chi connectivity index (χ0n) is 14.4. The molecular weight excluding hydrogens is 362 g/mol. The zero-order chi connectivity index (χ0) is 18.8. The molecule has 0 spiro atoms. The Morgan fingerprint density at radius 1 is 1.22 bits per heavy atom. The highest BCUT2D eigenvalue weighted by Gasteiger charge is 2.11. The molecule has 0 fully saturated rings. The number of rotatable bonds is 4. The smallest absolute Gasteiger partial charge is 0.149 e. The van der Waals surface area contributed by atoms with E-state index in [1.807, 2.05) is 42.5 Å². The molecular formula is C21H14ClN3O2. The second-order valence-corrected chi connectivity index (χ2v) is 6.29. The van der Waals surface area contributed by atoms with Crippen LogP contribution in [-0.4, -0.2) is 17.1 Å². The van der Waals surface area contributed by atoms with E-state index < -0.39 is 0 Å². The summed E-state index contributed by atoms with van der Waals surface area (Å²) >= 11 is 6.03. The Morgan fingerprint density at radius 2 is 2.11 bits per heavy atom. The number of nitrogens with one attached hydrogen (secondary N) is 1. The van der Waals surface area contributed by atoms with Gasteiger partial charge in [-0.2, -0.15) is 5.26 Å². The number of nitriles is 1. The van der Waals surface area contributed by atoms with E-state index in [9.17, 15) is 5.26 Å². The van der Waals surface area contributed by atoms with Gasteiger partial charge in [0, 0.05) is 22.7 Å². The maximum atomic E-state index is 9.56. The van der Waals surface area contributed by atoms with Gasteiger partial charge >= 0.3 is 0 Å². The van der Waals surface area contributed by atoms with Gasteiger partial charge < -0.3 is 14.1 Å². The molecule has 0 saturated carbocycles. The maximum absolute atomic E-state index is 9.56. The molecule has 4 rings (SSSR count). The molecule has 0 unspecified atom stereocenters. The minimum atomic E-state index is 0.372. The molecule has 132 valence electrons. The van der Waals surface area contributed by atoms with Crippen LogP contribution in [-0.2, 0) is 0 Å². The average Bonchev–Trinajstić information content (AvgIpc) is 3.32. The van der Waals surface area contributed by atoms with Crippen LogP contribution in [0, 0.1) is 11.3 Å². The van der Waals surface area contributed by atoms with Crippen molar-refractivity contribution in [3.8, 4) is 23.1 Å². The number of imidazole rings is 1. The molecule has 0 aliphatic heterocycles. The van der Waals surface area contributed by atoms with Crippen LogP contribution < -0.4 is 4.74 Å². The van der Waals surface area contributed by atoms with Crippen molar-refractivity contribution in [2.24, 2.45) is 0 Å². The molecule has 0 bridgehead atoms. The Balaban J connectivity index is 1.69. The van der Waals surface area contributed by atoms with Crippen molar-refractivity contribution < 1.29 is 9.15 Å². The number of methoxy groups -OCH3 is 1. The van der Waals surface area contributed by atoms with Gasteiger partial charge in [0.05, 0.1) is 23.7 Å². The van der Waals surface area contributed by atoms with E-state index >= 15 is 0 Å². The van der Waals surface area contributed by atoms with Crippen LogP contribution in [0.2, 0.25) is 5.02 Å². The van der Waals surface area contributed by atoms with E-state index in [-0.39, 0.29) is 0 Å². The lowest BCUT2D eigenvalue weighted by Gasteiger charge is -1.97. The van der Waals surface area contributed by atoms with Crippen molar-refractivity contribution in [3.05, 3.63) is 71.2 Å². The number of H-pyrrole nitrogens is 1. The molecule has 2 aromatic heterocycles. The monoisotopic (exact) mass is 375 g/mol.